The minimum Gasteiger partial charge on any atom is -0.452 e. The van der Waals surface area contributed by atoms with Gasteiger partial charge >= 0.3 is 5.97 Å². The third kappa shape index (κ3) is 6.02. The number of nitrogens with zero attached hydrogens (tertiary/aromatic N) is 2. The first-order valence-electron chi connectivity index (χ1n) is 9.99. The summed E-state index contributed by atoms with van der Waals surface area (Å²) in [5, 5.41) is 9.63. The van der Waals surface area contributed by atoms with Crippen LogP contribution in [-0.2, 0) is 14.3 Å². The van der Waals surface area contributed by atoms with Gasteiger partial charge in [-0.15, -0.1) is 0 Å². The maximum Gasteiger partial charge on any atom is 0.342 e. The van der Waals surface area contributed by atoms with E-state index in [4.69, 9.17) is 4.74 Å². The molecule has 0 unspecified atom stereocenters. The number of ether oxygens (including phenoxy) is 1. The second-order valence-electron chi connectivity index (χ2n) is 6.74. The van der Waals surface area contributed by atoms with Gasteiger partial charge in [0, 0.05) is 18.3 Å². The van der Waals surface area contributed by atoms with Gasteiger partial charge in [-0.25, -0.2) is 9.48 Å². The van der Waals surface area contributed by atoms with Crippen LogP contribution in [0.25, 0.3) is 16.9 Å². The van der Waals surface area contributed by atoms with Crippen LogP contribution in [0.3, 0.4) is 0 Å². The van der Waals surface area contributed by atoms with Crippen LogP contribution >= 0.6 is 0 Å². The second kappa shape index (κ2) is 10.7. The lowest BCUT2D eigenvalue weighted by atomic mass is 10.1. The highest BCUT2D eigenvalue weighted by molar-refractivity contribution is 5.97. The first-order chi connectivity index (χ1) is 15.1. The predicted octanol–water partition coefficient (Wildman–Crippen LogP) is 2.34. The molecule has 1 aromatic heterocycles. The van der Waals surface area contributed by atoms with Gasteiger partial charge in [0.05, 0.1) is 12.2 Å². The maximum absolute atomic E-state index is 12.7. The van der Waals surface area contributed by atoms with E-state index in [2.05, 4.69) is 15.7 Å². The van der Waals surface area contributed by atoms with Crippen LogP contribution in [0.5, 0.6) is 0 Å². The number of esters is 1. The molecule has 3 rings (SSSR count). The second-order valence-corrected chi connectivity index (χ2v) is 6.74. The van der Waals surface area contributed by atoms with Gasteiger partial charge in [-0.05, 0) is 18.6 Å². The van der Waals surface area contributed by atoms with Crippen LogP contribution in [-0.4, -0.2) is 47.3 Å². The fraction of sp³-hybridized carbons (Fsp3) is 0.217. The van der Waals surface area contributed by atoms with Gasteiger partial charge in [0.1, 0.15) is 11.3 Å². The molecule has 2 amide bonds. The Balaban J connectivity index is 1.70. The molecule has 160 valence electrons. The number of benzene rings is 2. The molecule has 0 saturated heterocycles. The highest BCUT2D eigenvalue weighted by Gasteiger charge is 2.21. The predicted molar refractivity (Wildman–Crippen MR) is 116 cm³/mol. The molecular formula is C23H24N4O4. The average molecular weight is 420 g/mol. The largest absolute Gasteiger partial charge is 0.452 e. The average Bonchev–Trinajstić information content (AvgIpc) is 3.26. The Hall–Kier alpha value is -3.94. The van der Waals surface area contributed by atoms with Crippen LogP contribution in [0.4, 0.5) is 0 Å². The Kier molecular flexibility index (Phi) is 7.53. The molecule has 0 atom stereocenters. The quantitative estimate of drug-likeness (QED) is 0.518. The Bertz CT molecular complexity index is 1030. The van der Waals surface area contributed by atoms with Gasteiger partial charge in [0.2, 0.25) is 5.91 Å². The number of nitrogens with one attached hydrogen (secondary N) is 2. The molecular weight excluding hydrogens is 396 g/mol. The summed E-state index contributed by atoms with van der Waals surface area (Å²) in [6, 6.07) is 18.6. The van der Waals surface area contributed by atoms with Crippen molar-refractivity contribution in [2.75, 3.05) is 19.7 Å². The summed E-state index contributed by atoms with van der Waals surface area (Å²) < 4.78 is 6.77. The van der Waals surface area contributed by atoms with Crippen molar-refractivity contribution in [1.29, 1.82) is 0 Å². The molecule has 0 aliphatic rings. The van der Waals surface area contributed by atoms with Gasteiger partial charge in [0.15, 0.2) is 6.61 Å². The molecule has 2 N–H and O–H groups in total. The topological polar surface area (TPSA) is 102 Å². The van der Waals surface area contributed by atoms with E-state index >= 15 is 0 Å². The minimum absolute atomic E-state index is 0.169. The summed E-state index contributed by atoms with van der Waals surface area (Å²) in [6.07, 6.45) is 2.38. The molecule has 31 heavy (non-hydrogen) atoms. The lowest BCUT2D eigenvalue weighted by Gasteiger charge is -2.07. The summed E-state index contributed by atoms with van der Waals surface area (Å²) in [5.41, 5.74) is 2.23. The number of rotatable bonds is 9. The van der Waals surface area contributed by atoms with Crippen molar-refractivity contribution >= 4 is 17.8 Å². The lowest BCUT2D eigenvalue weighted by molar-refractivity contribution is -0.127. The summed E-state index contributed by atoms with van der Waals surface area (Å²) in [4.78, 5) is 36.2. The molecule has 2 aromatic carbocycles. The van der Waals surface area contributed by atoms with E-state index in [9.17, 15) is 14.4 Å². The molecule has 0 bridgehead atoms. The van der Waals surface area contributed by atoms with Crippen molar-refractivity contribution in [1.82, 2.24) is 20.4 Å². The molecule has 0 spiro atoms. The van der Waals surface area contributed by atoms with Gasteiger partial charge < -0.3 is 15.4 Å². The van der Waals surface area contributed by atoms with E-state index in [0.29, 0.717) is 12.2 Å². The standard InChI is InChI=1S/C23H24N4O4/c1-2-13-24-20(28)14-25-21(29)16-31-23(30)19-15-27(18-11-7-4-8-12-18)26-22(19)17-9-5-3-6-10-17/h3-12,15H,2,13-14,16H2,1H3,(H,24,28)(H,25,29). The Morgan fingerprint density at radius 2 is 1.61 bits per heavy atom. The number of hydrogen-bond donors (Lipinski definition) is 2. The van der Waals surface area contributed by atoms with Crippen LogP contribution in [0, 0.1) is 0 Å². The molecule has 0 fully saturated rings. The number of hydrogen-bond acceptors (Lipinski definition) is 5. The van der Waals surface area contributed by atoms with Crippen molar-refractivity contribution in [2.24, 2.45) is 0 Å². The zero-order valence-electron chi connectivity index (χ0n) is 17.2. The molecule has 8 nitrogen and oxygen atoms in total. The van der Waals surface area contributed by atoms with E-state index in [0.717, 1.165) is 17.7 Å². The monoisotopic (exact) mass is 420 g/mol. The highest BCUT2D eigenvalue weighted by Crippen LogP contribution is 2.24. The Morgan fingerprint density at radius 3 is 2.29 bits per heavy atom. The maximum atomic E-state index is 12.7. The van der Waals surface area contributed by atoms with Crippen molar-refractivity contribution in [3.05, 3.63) is 72.4 Å². The van der Waals surface area contributed by atoms with E-state index in [1.807, 2.05) is 67.6 Å². The third-order valence-corrected chi connectivity index (χ3v) is 4.35. The van der Waals surface area contributed by atoms with Crippen molar-refractivity contribution in [3.8, 4) is 16.9 Å². The van der Waals surface area contributed by atoms with Crippen molar-refractivity contribution in [3.63, 3.8) is 0 Å². The minimum atomic E-state index is -0.674. The number of carbonyl (C=O) groups is 3. The van der Waals surface area contributed by atoms with Gasteiger partial charge in [-0.3, -0.25) is 9.59 Å². The molecule has 0 radical (unpaired) electrons. The molecule has 0 aliphatic heterocycles. The molecule has 8 heteroatoms. The molecule has 1 heterocycles. The van der Waals surface area contributed by atoms with E-state index in [-0.39, 0.29) is 18.0 Å². The zero-order valence-corrected chi connectivity index (χ0v) is 17.2. The van der Waals surface area contributed by atoms with Gasteiger partial charge in [0.25, 0.3) is 5.91 Å². The van der Waals surface area contributed by atoms with E-state index in [1.54, 1.807) is 10.9 Å². The first kappa shape index (κ1) is 21.8. The number of para-hydroxylation sites is 1. The molecule has 0 saturated carbocycles. The summed E-state index contributed by atoms with van der Waals surface area (Å²) in [6.45, 7) is 1.81. The van der Waals surface area contributed by atoms with Gasteiger partial charge in [-0.1, -0.05) is 55.5 Å². The third-order valence-electron chi connectivity index (χ3n) is 4.35. The van der Waals surface area contributed by atoms with Crippen molar-refractivity contribution in [2.45, 2.75) is 13.3 Å². The highest BCUT2D eigenvalue weighted by atomic mass is 16.5. The van der Waals surface area contributed by atoms with E-state index in [1.165, 1.54) is 0 Å². The fourth-order valence-corrected chi connectivity index (χ4v) is 2.81. The molecule has 3 aromatic rings. The fourth-order valence-electron chi connectivity index (χ4n) is 2.81. The zero-order chi connectivity index (χ0) is 22.1. The lowest BCUT2D eigenvalue weighted by Crippen LogP contribution is -2.38. The van der Waals surface area contributed by atoms with Crippen LogP contribution < -0.4 is 10.6 Å². The Morgan fingerprint density at radius 1 is 0.935 bits per heavy atom. The number of amides is 2. The van der Waals surface area contributed by atoms with Crippen molar-refractivity contribution < 1.29 is 19.1 Å². The molecule has 0 aliphatic carbocycles. The number of aromatic nitrogens is 2. The SMILES string of the molecule is CCCNC(=O)CNC(=O)COC(=O)c1cn(-c2ccccc2)nc1-c1ccccc1. The van der Waals surface area contributed by atoms with Crippen LogP contribution in [0.2, 0.25) is 0 Å². The summed E-state index contributed by atoms with van der Waals surface area (Å²) in [7, 11) is 0. The summed E-state index contributed by atoms with van der Waals surface area (Å²) >= 11 is 0. The first-order valence-corrected chi connectivity index (χ1v) is 9.99. The van der Waals surface area contributed by atoms with Crippen LogP contribution in [0.15, 0.2) is 66.9 Å². The smallest absolute Gasteiger partial charge is 0.342 e. The Labute approximate surface area is 180 Å². The van der Waals surface area contributed by atoms with Crippen LogP contribution in [0.1, 0.15) is 23.7 Å². The van der Waals surface area contributed by atoms with Gasteiger partial charge in [-0.2, -0.15) is 5.10 Å². The van der Waals surface area contributed by atoms with E-state index < -0.39 is 18.5 Å². The normalized spacial score (nSPS) is 10.4. The number of carbonyl (C=O) groups excluding carboxylic acids is 3. The summed E-state index contributed by atoms with van der Waals surface area (Å²) in [5.74, 6) is -1.53.